The summed E-state index contributed by atoms with van der Waals surface area (Å²) < 4.78 is 11.2. The topological polar surface area (TPSA) is 97.6 Å². The molecular weight excluding hydrogens is 382 g/mol. The first-order chi connectivity index (χ1) is 14.6. The molecule has 0 aliphatic carbocycles. The number of aromatic nitrogens is 3. The van der Waals surface area contributed by atoms with Crippen LogP contribution in [0.25, 0.3) is 22.8 Å². The molecule has 0 radical (unpaired) electrons. The Balaban J connectivity index is 1.63. The van der Waals surface area contributed by atoms with E-state index in [4.69, 9.17) is 9.47 Å². The molecule has 3 aromatic rings. The molecule has 2 unspecified atom stereocenters. The summed E-state index contributed by atoms with van der Waals surface area (Å²) in [6, 6.07) is 14.4. The zero-order valence-electron chi connectivity index (χ0n) is 17.2. The van der Waals surface area contributed by atoms with Crippen LogP contribution in [0.15, 0.2) is 54.9 Å². The molecular formula is C23H27N3O4. The van der Waals surface area contributed by atoms with Crippen LogP contribution >= 0.6 is 0 Å². The summed E-state index contributed by atoms with van der Waals surface area (Å²) >= 11 is 0. The van der Waals surface area contributed by atoms with E-state index >= 15 is 0 Å². The summed E-state index contributed by atoms with van der Waals surface area (Å²) in [6.45, 7) is 4.35. The van der Waals surface area contributed by atoms with E-state index in [2.05, 4.69) is 21.9 Å². The number of phenols is 1. The van der Waals surface area contributed by atoms with E-state index < -0.39 is 6.10 Å². The lowest BCUT2D eigenvalue weighted by atomic mass is 10.1. The monoisotopic (exact) mass is 409 g/mol. The summed E-state index contributed by atoms with van der Waals surface area (Å²) in [6.07, 6.45) is 2.77. The van der Waals surface area contributed by atoms with E-state index in [0.717, 1.165) is 18.4 Å². The lowest BCUT2D eigenvalue weighted by molar-refractivity contribution is -0.0209. The van der Waals surface area contributed by atoms with Gasteiger partial charge in [-0.1, -0.05) is 43.7 Å². The molecule has 0 bridgehead atoms. The first-order valence-electron chi connectivity index (χ1n) is 10.1. The second-order valence-corrected chi connectivity index (χ2v) is 7.08. The highest BCUT2D eigenvalue weighted by molar-refractivity contribution is 5.67. The first kappa shape index (κ1) is 21.7. The van der Waals surface area contributed by atoms with Gasteiger partial charge >= 0.3 is 0 Å². The normalized spacial score (nSPS) is 13.0. The van der Waals surface area contributed by atoms with Crippen molar-refractivity contribution in [3.63, 3.8) is 0 Å². The van der Waals surface area contributed by atoms with Crippen LogP contribution in [0, 0.1) is 0 Å². The number of aliphatic hydroxyl groups excluding tert-OH is 1. The van der Waals surface area contributed by atoms with E-state index in [0.29, 0.717) is 23.0 Å². The zero-order chi connectivity index (χ0) is 21.3. The molecule has 7 nitrogen and oxygen atoms in total. The van der Waals surface area contributed by atoms with Gasteiger partial charge in [-0.05, 0) is 25.5 Å². The third kappa shape index (κ3) is 5.98. The Kier molecular flexibility index (Phi) is 7.70. The summed E-state index contributed by atoms with van der Waals surface area (Å²) in [7, 11) is 0. The van der Waals surface area contributed by atoms with Crippen LogP contribution in [0.1, 0.15) is 26.7 Å². The van der Waals surface area contributed by atoms with Crippen molar-refractivity contribution in [2.45, 2.75) is 38.9 Å². The van der Waals surface area contributed by atoms with Gasteiger partial charge in [0.1, 0.15) is 30.5 Å². The van der Waals surface area contributed by atoms with E-state index in [1.54, 1.807) is 12.1 Å². The molecule has 0 saturated carbocycles. The smallest absolute Gasteiger partial charge is 0.167 e. The standard InChI is InChI=1S/C23H27N3O4/c1-3-7-16(2)29-13-18(27)14-30-19-10-11-20(21(28)12-19)23-25-15-24-22(26-23)17-8-5-4-6-9-17/h4-6,8-12,15-16,18,27-28H,3,7,13-14H2,1-2H3. The molecule has 158 valence electrons. The van der Waals surface area contributed by atoms with Crippen LogP contribution in [0.5, 0.6) is 11.5 Å². The molecule has 2 N–H and O–H groups in total. The van der Waals surface area contributed by atoms with E-state index in [1.807, 2.05) is 37.3 Å². The molecule has 0 amide bonds. The number of phenolic OH excluding ortho intramolecular Hbond substituents is 1. The average Bonchev–Trinajstić information content (AvgIpc) is 2.77. The van der Waals surface area contributed by atoms with Gasteiger partial charge in [0.2, 0.25) is 0 Å². The molecule has 7 heteroatoms. The van der Waals surface area contributed by atoms with Crippen LogP contribution in [0.4, 0.5) is 0 Å². The van der Waals surface area contributed by atoms with Gasteiger partial charge in [0.15, 0.2) is 11.6 Å². The van der Waals surface area contributed by atoms with Crippen molar-refractivity contribution in [1.29, 1.82) is 0 Å². The molecule has 0 fully saturated rings. The minimum Gasteiger partial charge on any atom is -0.507 e. The number of benzene rings is 2. The number of rotatable bonds is 10. The van der Waals surface area contributed by atoms with Crippen LogP contribution in [0.3, 0.4) is 0 Å². The van der Waals surface area contributed by atoms with Crippen LogP contribution in [-0.2, 0) is 4.74 Å². The third-order valence-corrected chi connectivity index (χ3v) is 4.52. The number of ether oxygens (including phenoxy) is 2. The zero-order valence-corrected chi connectivity index (χ0v) is 17.2. The number of aliphatic hydroxyl groups is 1. The second kappa shape index (κ2) is 10.7. The van der Waals surface area contributed by atoms with Crippen LogP contribution in [0.2, 0.25) is 0 Å². The molecule has 0 spiro atoms. The minimum atomic E-state index is -0.747. The maximum atomic E-state index is 10.4. The maximum absolute atomic E-state index is 10.4. The fourth-order valence-electron chi connectivity index (χ4n) is 2.95. The van der Waals surface area contributed by atoms with E-state index in [1.165, 1.54) is 12.4 Å². The Morgan fingerprint density at radius 2 is 1.77 bits per heavy atom. The predicted molar refractivity (Wildman–Crippen MR) is 114 cm³/mol. The van der Waals surface area contributed by atoms with Gasteiger partial charge in [0.05, 0.1) is 18.3 Å². The highest BCUT2D eigenvalue weighted by Gasteiger charge is 2.13. The number of nitrogens with zero attached hydrogens (tertiary/aromatic N) is 3. The summed E-state index contributed by atoms with van der Waals surface area (Å²) in [5, 5.41) is 20.5. The maximum Gasteiger partial charge on any atom is 0.167 e. The van der Waals surface area contributed by atoms with Gasteiger partial charge < -0.3 is 19.7 Å². The SMILES string of the molecule is CCCC(C)OCC(O)COc1ccc(-c2ncnc(-c3ccccc3)n2)c(O)c1. The number of hydrogen-bond donors (Lipinski definition) is 2. The third-order valence-electron chi connectivity index (χ3n) is 4.52. The Hall–Kier alpha value is -3.03. The van der Waals surface area contributed by atoms with Crippen molar-refractivity contribution in [3.05, 3.63) is 54.9 Å². The van der Waals surface area contributed by atoms with Gasteiger partial charge in [-0.3, -0.25) is 0 Å². The van der Waals surface area contributed by atoms with Gasteiger partial charge in [-0.25, -0.2) is 15.0 Å². The van der Waals surface area contributed by atoms with E-state index in [-0.39, 0.29) is 25.1 Å². The van der Waals surface area contributed by atoms with Gasteiger partial charge in [-0.2, -0.15) is 0 Å². The summed E-state index contributed by atoms with van der Waals surface area (Å²) in [4.78, 5) is 12.8. The lowest BCUT2D eigenvalue weighted by Crippen LogP contribution is -2.25. The molecule has 1 aromatic heterocycles. The Bertz CT molecular complexity index is 937. The van der Waals surface area contributed by atoms with Crippen molar-refractivity contribution in [2.24, 2.45) is 0 Å². The summed E-state index contributed by atoms with van der Waals surface area (Å²) in [5.74, 6) is 1.32. The summed E-state index contributed by atoms with van der Waals surface area (Å²) in [5.41, 5.74) is 1.34. The lowest BCUT2D eigenvalue weighted by Gasteiger charge is -2.16. The van der Waals surface area contributed by atoms with Crippen molar-refractivity contribution in [2.75, 3.05) is 13.2 Å². The van der Waals surface area contributed by atoms with Gasteiger partial charge in [-0.15, -0.1) is 0 Å². The van der Waals surface area contributed by atoms with Crippen molar-refractivity contribution in [1.82, 2.24) is 15.0 Å². The fraction of sp³-hybridized carbons (Fsp3) is 0.348. The van der Waals surface area contributed by atoms with Crippen molar-refractivity contribution in [3.8, 4) is 34.3 Å². The molecule has 3 rings (SSSR count). The minimum absolute atomic E-state index is 0.0139. The van der Waals surface area contributed by atoms with Crippen LogP contribution in [-0.4, -0.2) is 50.6 Å². The predicted octanol–water partition coefficient (Wildman–Crippen LogP) is 3.86. The Morgan fingerprint density at radius 1 is 1.00 bits per heavy atom. The molecule has 1 heterocycles. The molecule has 0 aliphatic rings. The molecule has 30 heavy (non-hydrogen) atoms. The van der Waals surface area contributed by atoms with Crippen LogP contribution < -0.4 is 4.74 Å². The molecule has 0 saturated heterocycles. The number of aromatic hydroxyl groups is 1. The Morgan fingerprint density at radius 3 is 2.50 bits per heavy atom. The van der Waals surface area contributed by atoms with E-state index in [9.17, 15) is 10.2 Å². The van der Waals surface area contributed by atoms with Crippen molar-refractivity contribution >= 4 is 0 Å². The second-order valence-electron chi connectivity index (χ2n) is 7.08. The molecule has 0 aliphatic heterocycles. The largest absolute Gasteiger partial charge is 0.507 e. The Labute approximate surface area is 176 Å². The highest BCUT2D eigenvalue weighted by Crippen LogP contribution is 2.31. The number of hydrogen-bond acceptors (Lipinski definition) is 7. The van der Waals surface area contributed by atoms with Gasteiger partial charge in [0.25, 0.3) is 0 Å². The quantitative estimate of drug-likeness (QED) is 0.525. The first-order valence-corrected chi connectivity index (χ1v) is 10.1. The van der Waals surface area contributed by atoms with Crippen molar-refractivity contribution < 1.29 is 19.7 Å². The molecule has 2 aromatic carbocycles. The fourth-order valence-corrected chi connectivity index (χ4v) is 2.95. The average molecular weight is 409 g/mol. The molecule has 2 atom stereocenters. The van der Waals surface area contributed by atoms with Gasteiger partial charge in [0, 0.05) is 11.6 Å². The highest BCUT2D eigenvalue weighted by atomic mass is 16.5.